The molecule has 0 aromatic heterocycles. The average molecular weight is 121 g/mol. The number of hydrogen-bond acceptors (Lipinski definition) is 2. The van der Waals surface area contributed by atoms with E-state index in [0.717, 1.165) is 6.42 Å². The molecule has 0 aliphatic rings. The highest BCUT2D eigenvalue weighted by molar-refractivity contribution is 4.36. The van der Waals surface area contributed by atoms with Crippen LogP contribution in [0.2, 0.25) is 0 Å². The van der Waals surface area contributed by atoms with Gasteiger partial charge < -0.3 is 4.74 Å². The molecule has 8 heavy (non-hydrogen) atoms. The molecule has 0 unspecified atom stereocenters. The van der Waals surface area contributed by atoms with E-state index >= 15 is 0 Å². The van der Waals surface area contributed by atoms with Gasteiger partial charge in [0.15, 0.2) is 0 Å². The Labute approximate surface area is 49.2 Å². The molecule has 2 nitrogen and oxygen atoms in total. The zero-order valence-electron chi connectivity index (χ0n) is 5.35. The van der Waals surface area contributed by atoms with Crippen molar-refractivity contribution in [1.29, 1.82) is 0 Å². The van der Waals surface area contributed by atoms with Crippen molar-refractivity contribution in [3.8, 4) is 0 Å². The fraction of sp³-hybridized carbons (Fsp3) is 1.00. The molecule has 0 spiro atoms. The van der Waals surface area contributed by atoms with E-state index in [4.69, 9.17) is 4.74 Å². The van der Waals surface area contributed by atoms with Crippen LogP contribution in [0.15, 0.2) is 0 Å². The topological polar surface area (TPSA) is 12.5 Å². The van der Waals surface area contributed by atoms with Crippen LogP contribution in [0.3, 0.4) is 0 Å². The molecule has 0 amide bonds. The van der Waals surface area contributed by atoms with E-state index in [1.54, 1.807) is 7.11 Å². The number of hydrogen-bond donors (Lipinski definition) is 0. The molecule has 0 heterocycles. The Morgan fingerprint density at radius 1 is 1.62 bits per heavy atom. The van der Waals surface area contributed by atoms with E-state index in [1.807, 2.05) is 0 Å². The fourth-order valence-corrected chi connectivity index (χ4v) is 0.427. The Morgan fingerprint density at radius 2 is 2.25 bits per heavy atom. The summed E-state index contributed by atoms with van der Waals surface area (Å²) in [6.45, 7) is 1.09. The van der Waals surface area contributed by atoms with Crippen LogP contribution in [0.5, 0.6) is 0 Å². The van der Waals surface area contributed by atoms with Gasteiger partial charge >= 0.3 is 0 Å². The van der Waals surface area contributed by atoms with Crippen molar-refractivity contribution in [2.75, 3.05) is 27.3 Å². The van der Waals surface area contributed by atoms with E-state index in [-0.39, 0.29) is 0 Å². The molecule has 0 radical (unpaired) electrons. The largest absolute Gasteiger partial charge is 0.385 e. The van der Waals surface area contributed by atoms with E-state index < -0.39 is 0 Å². The van der Waals surface area contributed by atoms with Crippen molar-refractivity contribution >= 4 is 0 Å². The monoisotopic (exact) mass is 121 g/mol. The van der Waals surface area contributed by atoms with Crippen LogP contribution in [-0.4, -0.2) is 32.4 Å². The standard InChI is InChI=1S/C5H12FNO/c1-7(6)4-3-5-8-2/h3-5H2,1-2H3. The van der Waals surface area contributed by atoms with Crippen LogP contribution in [0.25, 0.3) is 0 Å². The van der Waals surface area contributed by atoms with Gasteiger partial charge in [-0.15, -0.1) is 9.60 Å². The third-order valence-corrected chi connectivity index (χ3v) is 0.815. The fourth-order valence-electron chi connectivity index (χ4n) is 0.427. The summed E-state index contributed by atoms with van der Waals surface area (Å²) in [6.07, 6.45) is 0.753. The molecule has 0 fully saturated rings. The summed E-state index contributed by atoms with van der Waals surface area (Å²) in [5, 5.41) is 0.652. The lowest BCUT2D eigenvalue weighted by Crippen LogP contribution is -2.09. The van der Waals surface area contributed by atoms with Gasteiger partial charge in [0.1, 0.15) is 0 Å². The first kappa shape index (κ1) is 7.85. The predicted molar refractivity (Wildman–Crippen MR) is 30.2 cm³/mol. The molecule has 0 bridgehead atoms. The molecule has 0 rings (SSSR count). The molecular formula is C5H12FNO. The maximum atomic E-state index is 11.8. The molecule has 0 saturated carbocycles. The smallest absolute Gasteiger partial charge is 0.0475 e. The normalized spacial score (nSPS) is 10.5. The Bertz CT molecular complexity index is 49.7. The minimum absolute atomic E-state index is 0.452. The zero-order valence-corrected chi connectivity index (χ0v) is 5.35. The lowest BCUT2D eigenvalue weighted by Gasteiger charge is -2.02. The molecule has 0 aromatic carbocycles. The molecule has 3 heteroatoms. The average Bonchev–Trinajstić information content (AvgIpc) is 1.66. The number of rotatable bonds is 4. The van der Waals surface area contributed by atoms with Gasteiger partial charge in [-0.25, -0.2) is 0 Å². The van der Waals surface area contributed by atoms with Crippen LogP contribution < -0.4 is 0 Å². The molecule has 0 N–H and O–H groups in total. The van der Waals surface area contributed by atoms with Crippen molar-refractivity contribution in [1.82, 2.24) is 5.12 Å². The number of halogens is 1. The van der Waals surface area contributed by atoms with Crippen LogP contribution in [0.4, 0.5) is 4.48 Å². The summed E-state index contributed by atoms with van der Waals surface area (Å²) < 4.78 is 16.5. The maximum Gasteiger partial charge on any atom is 0.0475 e. The second-order valence-electron chi connectivity index (χ2n) is 1.67. The highest BCUT2D eigenvalue weighted by Gasteiger charge is 1.90. The third-order valence-electron chi connectivity index (χ3n) is 0.815. The molecule has 0 saturated heterocycles. The van der Waals surface area contributed by atoms with Crippen molar-refractivity contribution in [2.24, 2.45) is 0 Å². The molecule has 50 valence electrons. The minimum atomic E-state index is 0.452. The molecule has 0 atom stereocenters. The van der Waals surface area contributed by atoms with Gasteiger partial charge in [-0.1, -0.05) is 0 Å². The van der Waals surface area contributed by atoms with E-state index in [1.165, 1.54) is 7.05 Å². The van der Waals surface area contributed by atoms with E-state index in [0.29, 0.717) is 18.3 Å². The Kier molecular flexibility index (Phi) is 4.90. The highest BCUT2D eigenvalue weighted by atomic mass is 19.2. The quantitative estimate of drug-likeness (QED) is 0.403. The summed E-state index contributed by atoms with van der Waals surface area (Å²) in [5.41, 5.74) is 0. The van der Waals surface area contributed by atoms with Crippen molar-refractivity contribution in [3.63, 3.8) is 0 Å². The number of methoxy groups -OCH3 is 1. The summed E-state index contributed by atoms with van der Waals surface area (Å²) in [6, 6.07) is 0. The Balaban J connectivity index is 2.72. The summed E-state index contributed by atoms with van der Waals surface area (Å²) in [4.78, 5) is 0. The number of ether oxygens (including phenoxy) is 1. The second-order valence-corrected chi connectivity index (χ2v) is 1.67. The molecule has 0 aromatic rings. The molecular weight excluding hydrogens is 109 g/mol. The second kappa shape index (κ2) is 5.00. The van der Waals surface area contributed by atoms with Crippen LogP contribution >= 0.6 is 0 Å². The predicted octanol–water partition coefficient (Wildman–Crippen LogP) is 0.839. The van der Waals surface area contributed by atoms with E-state index in [9.17, 15) is 4.48 Å². The Morgan fingerprint density at radius 3 is 2.62 bits per heavy atom. The number of nitrogens with zero attached hydrogens (tertiary/aromatic N) is 1. The van der Waals surface area contributed by atoms with E-state index in [2.05, 4.69) is 0 Å². The first-order valence-corrected chi connectivity index (χ1v) is 2.63. The molecule has 0 aliphatic carbocycles. The van der Waals surface area contributed by atoms with Gasteiger partial charge in [-0.05, 0) is 6.42 Å². The van der Waals surface area contributed by atoms with Gasteiger partial charge in [0.05, 0.1) is 0 Å². The van der Waals surface area contributed by atoms with Gasteiger partial charge in [0.2, 0.25) is 0 Å². The van der Waals surface area contributed by atoms with Crippen molar-refractivity contribution < 1.29 is 9.22 Å². The van der Waals surface area contributed by atoms with Crippen LogP contribution in [-0.2, 0) is 4.74 Å². The minimum Gasteiger partial charge on any atom is -0.385 e. The van der Waals surface area contributed by atoms with Gasteiger partial charge in [-0.2, -0.15) is 0 Å². The van der Waals surface area contributed by atoms with Crippen molar-refractivity contribution in [2.45, 2.75) is 6.42 Å². The Hall–Kier alpha value is -0.150. The first-order chi connectivity index (χ1) is 3.77. The lowest BCUT2D eigenvalue weighted by molar-refractivity contribution is 0.0486. The van der Waals surface area contributed by atoms with Crippen LogP contribution in [0.1, 0.15) is 6.42 Å². The molecule has 0 aliphatic heterocycles. The van der Waals surface area contributed by atoms with Gasteiger partial charge in [0, 0.05) is 27.3 Å². The summed E-state index contributed by atoms with van der Waals surface area (Å²) >= 11 is 0. The van der Waals surface area contributed by atoms with Crippen molar-refractivity contribution in [3.05, 3.63) is 0 Å². The maximum absolute atomic E-state index is 11.8. The van der Waals surface area contributed by atoms with Gasteiger partial charge in [0.25, 0.3) is 0 Å². The third kappa shape index (κ3) is 5.85. The lowest BCUT2D eigenvalue weighted by atomic mass is 10.4. The SMILES string of the molecule is COCCCN(C)F. The summed E-state index contributed by atoms with van der Waals surface area (Å²) in [7, 11) is 3.01. The highest BCUT2D eigenvalue weighted by Crippen LogP contribution is 1.85. The van der Waals surface area contributed by atoms with Gasteiger partial charge in [-0.3, -0.25) is 0 Å². The first-order valence-electron chi connectivity index (χ1n) is 2.63. The van der Waals surface area contributed by atoms with Crippen LogP contribution in [0, 0.1) is 0 Å². The zero-order chi connectivity index (χ0) is 6.41. The summed E-state index contributed by atoms with van der Waals surface area (Å²) in [5.74, 6) is 0.